The Bertz CT molecular complexity index is 992. The van der Waals surface area contributed by atoms with Gasteiger partial charge in [-0.3, -0.25) is 0 Å². The van der Waals surface area contributed by atoms with E-state index in [4.69, 9.17) is 20.9 Å². The van der Waals surface area contributed by atoms with E-state index in [0.717, 1.165) is 11.1 Å². The van der Waals surface area contributed by atoms with Crippen molar-refractivity contribution in [1.82, 2.24) is 0 Å². The van der Waals surface area contributed by atoms with Crippen LogP contribution in [0.5, 0.6) is 5.75 Å². The van der Waals surface area contributed by atoms with Crippen LogP contribution < -0.4 is 16.2 Å². The number of allylic oxidation sites excluding steroid dienone is 2. The molecule has 0 amide bonds. The molecule has 0 radical (unpaired) electrons. The second-order valence-electron chi connectivity index (χ2n) is 6.57. The Morgan fingerprint density at radius 3 is 2.80 bits per heavy atom. The Balaban J connectivity index is 1.84. The zero-order valence-electron chi connectivity index (χ0n) is 13.4. The normalized spacial score (nSPS) is 25.9. The van der Waals surface area contributed by atoms with Gasteiger partial charge in [0.2, 0.25) is 0 Å². The maximum absolute atomic E-state index is 12.6. The summed E-state index contributed by atoms with van der Waals surface area (Å²) < 4.78 is 12.2. The van der Waals surface area contributed by atoms with Gasteiger partial charge < -0.3 is 20.9 Å². The van der Waals surface area contributed by atoms with Crippen LogP contribution in [0, 0.1) is 5.92 Å². The van der Waals surface area contributed by atoms with E-state index in [-0.39, 0.29) is 11.9 Å². The minimum absolute atomic E-state index is 0.163. The average Bonchev–Trinajstić information content (AvgIpc) is 2.88. The number of carbonyl (C=O) groups excluding carboxylic acids is 1. The van der Waals surface area contributed by atoms with Crippen LogP contribution in [0.1, 0.15) is 27.9 Å². The molecule has 0 saturated carbocycles. The molecule has 2 heterocycles. The van der Waals surface area contributed by atoms with E-state index in [2.05, 4.69) is 0 Å². The van der Waals surface area contributed by atoms with Crippen molar-refractivity contribution in [2.45, 2.75) is 12.0 Å². The summed E-state index contributed by atoms with van der Waals surface area (Å²) in [4.78, 5) is 12.6. The predicted octanol–water partition coefficient (Wildman–Crippen LogP) is 2.82. The van der Waals surface area contributed by atoms with Gasteiger partial charge in [-0.15, -0.1) is 0 Å². The summed E-state index contributed by atoms with van der Waals surface area (Å²) in [6.07, 6.45) is 4.37. The monoisotopic (exact) mass is 332 g/mol. The molecule has 25 heavy (non-hydrogen) atoms. The standard InChI is InChI=1S/C20H16N2O3/c21-11-5-7-15-17(9-11)24-18-10-12(22)6-8-16(18)20(15)14-4-2-1-3-13(14)19(23)25-20/h1-7,9-10,16H,8,21-22H2. The first-order valence-electron chi connectivity index (χ1n) is 8.17. The predicted molar refractivity (Wildman–Crippen MR) is 92.6 cm³/mol. The average molecular weight is 332 g/mol. The quantitative estimate of drug-likeness (QED) is 0.572. The molecule has 5 nitrogen and oxygen atoms in total. The molecule has 1 spiro atoms. The van der Waals surface area contributed by atoms with Gasteiger partial charge in [-0.2, -0.15) is 0 Å². The third-order valence-electron chi connectivity index (χ3n) is 5.17. The molecule has 2 aliphatic heterocycles. The summed E-state index contributed by atoms with van der Waals surface area (Å²) in [5, 5.41) is 0. The van der Waals surface area contributed by atoms with Gasteiger partial charge in [-0.25, -0.2) is 4.79 Å². The summed E-state index contributed by atoms with van der Waals surface area (Å²) in [5.41, 5.74) is 14.5. The summed E-state index contributed by atoms with van der Waals surface area (Å²) in [5.74, 6) is 0.815. The van der Waals surface area contributed by atoms with Crippen LogP contribution in [-0.2, 0) is 10.3 Å². The largest absolute Gasteiger partial charge is 0.461 e. The van der Waals surface area contributed by atoms with Gasteiger partial charge in [0.05, 0.1) is 11.5 Å². The highest BCUT2D eigenvalue weighted by Gasteiger charge is 2.57. The van der Waals surface area contributed by atoms with E-state index in [1.807, 2.05) is 30.3 Å². The molecule has 5 rings (SSSR count). The second-order valence-corrected chi connectivity index (χ2v) is 6.57. The molecule has 0 aromatic heterocycles. The fraction of sp³-hybridized carbons (Fsp3) is 0.150. The zero-order valence-corrected chi connectivity index (χ0v) is 13.4. The van der Waals surface area contributed by atoms with Crippen LogP contribution in [0.4, 0.5) is 5.69 Å². The highest BCUT2D eigenvalue weighted by atomic mass is 16.6. The molecule has 2 atom stereocenters. The van der Waals surface area contributed by atoms with Crippen molar-refractivity contribution < 1.29 is 14.3 Å². The van der Waals surface area contributed by atoms with Crippen LogP contribution in [0.25, 0.3) is 0 Å². The fourth-order valence-electron chi connectivity index (χ4n) is 4.11. The highest BCUT2D eigenvalue weighted by molar-refractivity contribution is 5.96. The molecule has 2 aromatic carbocycles. The Kier molecular flexibility index (Phi) is 2.64. The molecule has 0 bridgehead atoms. The number of esters is 1. The number of ether oxygens (including phenoxy) is 2. The zero-order chi connectivity index (χ0) is 17.2. The Hall–Kier alpha value is -3.21. The molecule has 2 unspecified atom stereocenters. The molecule has 5 heteroatoms. The van der Waals surface area contributed by atoms with Crippen molar-refractivity contribution in [3.63, 3.8) is 0 Å². The lowest BCUT2D eigenvalue weighted by molar-refractivity contribution is -0.0249. The minimum Gasteiger partial charge on any atom is -0.461 e. The second kappa shape index (κ2) is 4.66. The van der Waals surface area contributed by atoms with Gasteiger partial charge in [0.1, 0.15) is 11.5 Å². The van der Waals surface area contributed by atoms with Crippen molar-refractivity contribution in [2.75, 3.05) is 5.73 Å². The lowest BCUT2D eigenvalue weighted by atomic mass is 9.70. The number of hydrogen-bond acceptors (Lipinski definition) is 5. The number of nitrogens with two attached hydrogens (primary N) is 2. The van der Waals surface area contributed by atoms with Crippen LogP contribution in [0.2, 0.25) is 0 Å². The van der Waals surface area contributed by atoms with Gasteiger partial charge in [0.15, 0.2) is 5.60 Å². The number of fused-ring (bicyclic) bond motifs is 6. The molecular formula is C20H16N2O3. The number of anilines is 1. The summed E-state index contributed by atoms with van der Waals surface area (Å²) in [7, 11) is 0. The Morgan fingerprint density at radius 2 is 1.92 bits per heavy atom. The van der Waals surface area contributed by atoms with Crippen LogP contribution in [0.15, 0.2) is 66.1 Å². The molecule has 0 saturated heterocycles. The van der Waals surface area contributed by atoms with Crippen LogP contribution in [-0.4, -0.2) is 5.97 Å². The highest BCUT2D eigenvalue weighted by Crippen LogP contribution is 2.57. The van der Waals surface area contributed by atoms with Crippen LogP contribution >= 0.6 is 0 Å². The van der Waals surface area contributed by atoms with Crippen LogP contribution in [0.3, 0.4) is 0 Å². The summed E-state index contributed by atoms with van der Waals surface area (Å²) in [6.45, 7) is 0. The number of rotatable bonds is 0. The van der Waals surface area contributed by atoms with Gasteiger partial charge in [-0.05, 0) is 30.7 Å². The Morgan fingerprint density at radius 1 is 1.08 bits per heavy atom. The first kappa shape index (κ1) is 14.2. The van der Waals surface area contributed by atoms with Crippen molar-refractivity contribution in [1.29, 1.82) is 0 Å². The number of benzene rings is 2. The van der Waals surface area contributed by atoms with Gasteiger partial charge in [-0.1, -0.05) is 24.3 Å². The molecule has 124 valence electrons. The maximum Gasteiger partial charge on any atom is 0.339 e. The number of nitrogen functional groups attached to an aromatic ring is 1. The van der Waals surface area contributed by atoms with E-state index in [1.54, 1.807) is 24.3 Å². The molecule has 3 aliphatic rings. The number of hydrogen-bond donors (Lipinski definition) is 2. The lowest BCUT2D eigenvalue weighted by Gasteiger charge is -2.43. The maximum atomic E-state index is 12.6. The minimum atomic E-state index is -0.919. The molecule has 0 fully saturated rings. The topological polar surface area (TPSA) is 87.6 Å². The van der Waals surface area contributed by atoms with E-state index in [1.165, 1.54) is 0 Å². The lowest BCUT2D eigenvalue weighted by Crippen LogP contribution is -2.43. The smallest absolute Gasteiger partial charge is 0.339 e. The third-order valence-corrected chi connectivity index (χ3v) is 5.17. The van der Waals surface area contributed by atoms with Gasteiger partial charge >= 0.3 is 5.97 Å². The van der Waals surface area contributed by atoms with Crippen molar-refractivity contribution in [2.24, 2.45) is 11.7 Å². The molecular weight excluding hydrogens is 316 g/mol. The first-order chi connectivity index (χ1) is 12.1. The SMILES string of the molecule is NC1=CCC2C(=C1)Oc1cc(N)ccc1C21OC(=O)c2ccccc21. The van der Waals surface area contributed by atoms with Gasteiger partial charge in [0, 0.05) is 28.6 Å². The van der Waals surface area contributed by atoms with Crippen molar-refractivity contribution in [3.8, 4) is 5.75 Å². The number of carbonyl (C=O) groups is 1. The van der Waals surface area contributed by atoms with E-state index in [9.17, 15) is 4.79 Å². The van der Waals surface area contributed by atoms with Crippen molar-refractivity contribution >= 4 is 11.7 Å². The first-order valence-corrected chi connectivity index (χ1v) is 8.17. The van der Waals surface area contributed by atoms with Crippen molar-refractivity contribution in [3.05, 3.63) is 82.8 Å². The molecule has 2 aromatic rings. The van der Waals surface area contributed by atoms with E-state index in [0.29, 0.717) is 34.9 Å². The van der Waals surface area contributed by atoms with Gasteiger partial charge in [0.25, 0.3) is 0 Å². The molecule has 1 aliphatic carbocycles. The molecule has 4 N–H and O–H groups in total. The van der Waals surface area contributed by atoms with E-state index >= 15 is 0 Å². The Labute approximate surface area is 144 Å². The third kappa shape index (κ3) is 1.75. The summed E-state index contributed by atoms with van der Waals surface area (Å²) in [6, 6.07) is 13.0. The fourth-order valence-corrected chi connectivity index (χ4v) is 4.11. The van der Waals surface area contributed by atoms with E-state index < -0.39 is 5.60 Å². The summed E-state index contributed by atoms with van der Waals surface area (Å²) >= 11 is 0.